The molecule has 0 atom stereocenters. The zero-order valence-corrected chi connectivity index (χ0v) is 14.6. The second kappa shape index (κ2) is 10.0. The van der Waals surface area contributed by atoms with Crippen LogP contribution in [0.3, 0.4) is 0 Å². The molecule has 0 spiro atoms. The van der Waals surface area contributed by atoms with Crippen LogP contribution in [0.4, 0.5) is 35.0 Å². The minimum atomic E-state index is -4.60. The number of amides is 2. The number of nitrogens with zero attached hydrogens (tertiary/aromatic N) is 2. The van der Waals surface area contributed by atoms with Crippen molar-refractivity contribution in [3.05, 3.63) is 54.6 Å². The molecule has 2 amide bonds. The van der Waals surface area contributed by atoms with E-state index in [1.807, 2.05) is 30.3 Å². The minimum Gasteiger partial charge on any atom is -0.440 e. The number of halogens is 3. The SMILES string of the molecule is O=C(CCNC(=O)OCC(F)(F)F)Nc1ccc(N=Nc2ccccc2)cc1. The second-order valence-corrected chi connectivity index (χ2v) is 5.50. The van der Waals surface area contributed by atoms with Crippen LogP contribution in [0.1, 0.15) is 6.42 Å². The highest BCUT2D eigenvalue weighted by Gasteiger charge is 2.29. The maximum absolute atomic E-state index is 11.9. The van der Waals surface area contributed by atoms with Gasteiger partial charge in [-0.25, -0.2) is 4.79 Å². The van der Waals surface area contributed by atoms with Crippen molar-refractivity contribution in [3.63, 3.8) is 0 Å². The number of alkyl carbamates (subject to hydrolysis) is 1. The summed E-state index contributed by atoms with van der Waals surface area (Å²) >= 11 is 0. The Morgan fingerprint density at radius 3 is 2.14 bits per heavy atom. The van der Waals surface area contributed by atoms with Gasteiger partial charge < -0.3 is 15.4 Å². The van der Waals surface area contributed by atoms with E-state index < -0.39 is 24.8 Å². The van der Waals surface area contributed by atoms with Gasteiger partial charge in [-0.3, -0.25) is 4.79 Å². The summed E-state index contributed by atoms with van der Waals surface area (Å²) in [5.41, 5.74) is 1.81. The van der Waals surface area contributed by atoms with E-state index in [9.17, 15) is 22.8 Å². The summed E-state index contributed by atoms with van der Waals surface area (Å²) < 4.78 is 39.6. The first kappa shape index (κ1) is 20.9. The molecule has 2 rings (SSSR count). The molecule has 2 aromatic rings. The Balaban J connectivity index is 1.72. The van der Waals surface area contributed by atoms with Gasteiger partial charge in [-0.15, -0.1) is 0 Å². The molecule has 148 valence electrons. The highest BCUT2D eigenvalue weighted by Crippen LogP contribution is 2.20. The van der Waals surface area contributed by atoms with Crippen LogP contribution in [0, 0.1) is 0 Å². The smallest absolute Gasteiger partial charge is 0.422 e. The van der Waals surface area contributed by atoms with E-state index in [0.717, 1.165) is 0 Å². The van der Waals surface area contributed by atoms with Gasteiger partial charge >= 0.3 is 12.3 Å². The van der Waals surface area contributed by atoms with Gasteiger partial charge in [-0.1, -0.05) is 18.2 Å². The zero-order valence-electron chi connectivity index (χ0n) is 14.6. The first-order valence-corrected chi connectivity index (χ1v) is 8.16. The Morgan fingerprint density at radius 1 is 0.929 bits per heavy atom. The number of rotatable bonds is 7. The van der Waals surface area contributed by atoms with Crippen molar-refractivity contribution in [3.8, 4) is 0 Å². The summed E-state index contributed by atoms with van der Waals surface area (Å²) in [6, 6.07) is 15.8. The lowest BCUT2D eigenvalue weighted by Gasteiger charge is -2.09. The minimum absolute atomic E-state index is 0.128. The van der Waals surface area contributed by atoms with Crippen molar-refractivity contribution in [2.45, 2.75) is 12.6 Å². The third-order valence-corrected chi connectivity index (χ3v) is 3.18. The molecular formula is C18H17F3N4O3. The fourth-order valence-corrected chi connectivity index (χ4v) is 1.92. The van der Waals surface area contributed by atoms with Crippen LogP contribution in [0.5, 0.6) is 0 Å². The quantitative estimate of drug-likeness (QED) is 0.666. The van der Waals surface area contributed by atoms with E-state index in [1.54, 1.807) is 24.3 Å². The van der Waals surface area contributed by atoms with Gasteiger partial charge in [0.15, 0.2) is 6.61 Å². The Labute approximate surface area is 158 Å². The van der Waals surface area contributed by atoms with Crippen LogP contribution in [-0.4, -0.2) is 31.3 Å². The van der Waals surface area contributed by atoms with E-state index in [0.29, 0.717) is 17.1 Å². The molecule has 0 aliphatic rings. The van der Waals surface area contributed by atoms with Crippen LogP contribution in [0.2, 0.25) is 0 Å². The molecule has 7 nitrogen and oxygen atoms in total. The highest BCUT2D eigenvalue weighted by molar-refractivity contribution is 5.91. The molecule has 10 heteroatoms. The molecule has 2 N–H and O–H groups in total. The summed E-state index contributed by atoms with van der Waals surface area (Å²) in [6.45, 7) is -1.84. The number of alkyl halides is 3. The Morgan fingerprint density at radius 2 is 1.54 bits per heavy atom. The summed E-state index contributed by atoms with van der Waals surface area (Å²) in [4.78, 5) is 22.8. The van der Waals surface area contributed by atoms with E-state index in [1.165, 1.54) is 0 Å². The van der Waals surface area contributed by atoms with Crippen molar-refractivity contribution in [1.82, 2.24) is 5.32 Å². The molecule has 0 aliphatic carbocycles. The second-order valence-electron chi connectivity index (χ2n) is 5.50. The number of ether oxygens (including phenoxy) is 1. The number of carbonyl (C=O) groups excluding carboxylic acids is 2. The normalized spacial score (nSPS) is 11.2. The first-order chi connectivity index (χ1) is 13.3. The van der Waals surface area contributed by atoms with Crippen LogP contribution >= 0.6 is 0 Å². The number of hydrogen-bond donors (Lipinski definition) is 2. The predicted octanol–water partition coefficient (Wildman–Crippen LogP) is 4.72. The van der Waals surface area contributed by atoms with E-state index >= 15 is 0 Å². The predicted molar refractivity (Wildman–Crippen MR) is 95.7 cm³/mol. The molecule has 2 aromatic carbocycles. The summed E-state index contributed by atoms with van der Waals surface area (Å²) in [7, 11) is 0. The highest BCUT2D eigenvalue weighted by atomic mass is 19.4. The van der Waals surface area contributed by atoms with Crippen molar-refractivity contribution in [2.24, 2.45) is 10.2 Å². The van der Waals surface area contributed by atoms with Gasteiger partial charge in [0.1, 0.15) is 0 Å². The molecule has 28 heavy (non-hydrogen) atoms. The fraction of sp³-hybridized carbons (Fsp3) is 0.222. The third-order valence-electron chi connectivity index (χ3n) is 3.18. The fourth-order valence-electron chi connectivity index (χ4n) is 1.92. The molecule has 0 unspecified atom stereocenters. The lowest BCUT2D eigenvalue weighted by atomic mass is 10.2. The van der Waals surface area contributed by atoms with E-state index in [4.69, 9.17) is 0 Å². The largest absolute Gasteiger partial charge is 0.440 e. The number of hydrogen-bond acceptors (Lipinski definition) is 5. The lowest BCUT2D eigenvalue weighted by molar-refractivity contribution is -0.160. The van der Waals surface area contributed by atoms with E-state index in [2.05, 4.69) is 25.6 Å². The van der Waals surface area contributed by atoms with Crippen molar-refractivity contribution in [2.75, 3.05) is 18.5 Å². The van der Waals surface area contributed by atoms with E-state index in [-0.39, 0.29) is 13.0 Å². The molecule has 0 aromatic heterocycles. The van der Waals surface area contributed by atoms with Crippen LogP contribution in [-0.2, 0) is 9.53 Å². The van der Waals surface area contributed by atoms with Crippen LogP contribution in [0.25, 0.3) is 0 Å². The molecule has 0 bridgehead atoms. The molecule has 0 heterocycles. The Kier molecular flexibility index (Phi) is 7.49. The molecule has 0 saturated carbocycles. The van der Waals surface area contributed by atoms with Crippen LogP contribution < -0.4 is 10.6 Å². The van der Waals surface area contributed by atoms with Crippen molar-refractivity contribution < 1.29 is 27.5 Å². The van der Waals surface area contributed by atoms with Crippen LogP contribution in [0.15, 0.2) is 64.8 Å². The number of azo groups is 1. The average molecular weight is 394 g/mol. The monoisotopic (exact) mass is 394 g/mol. The molecule has 0 aliphatic heterocycles. The molecular weight excluding hydrogens is 377 g/mol. The van der Waals surface area contributed by atoms with Gasteiger partial charge in [-0.2, -0.15) is 23.4 Å². The van der Waals surface area contributed by atoms with Gasteiger partial charge in [0.2, 0.25) is 5.91 Å². The maximum atomic E-state index is 11.9. The summed E-state index contributed by atoms with van der Waals surface area (Å²) in [6.07, 6.45) is -5.96. The molecule has 0 saturated heterocycles. The van der Waals surface area contributed by atoms with Gasteiger partial charge in [-0.05, 0) is 36.4 Å². The lowest BCUT2D eigenvalue weighted by Crippen LogP contribution is -2.31. The number of benzene rings is 2. The summed E-state index contributed by atoms with van der Waals surface area (Å²) in [5.74, 6) is -0.421. The molecule has 0 radical (unpaired) electrons. The standard InChI is InChI=1S/C18H17F3N4O3/c19-18(20,21)12-28-17(27)22-11-10-16(26)23-13-6-8-15(9-7-13)25-24-14-4-2-1-3-5-14/h1-9H,10-12H2,(H,22,27)(H,23,26). The number of carbonyl (C=O) groups is 2. The average Bonchev–Trinajstić information content (AvgIpc) is 2.66. The summed E-state index contributed by atoms with van der Waals surface area (Å²) in [5, 5.41) is 12.8. The van der Waals surface area contributed by atoms with Gasteiger partial charge in [0.05, 0.1) is 11.4 Å². The molecule has 0 fully saturated rings. The third kappa shape index (κ3) is 8.30. The Hall–Kier alpha value is -3.43. The van der Waals surface area contributed by atoms with Crippen molar-refractivity contribution >= 4 is 29.1 Å². The van der Waals surface area contributed by atoms with Gasteiger partial charge in [0, 0.05) is 18.7 Å². The number of anilines is 1. The topological polar surface area (TPSA) is 92.2 Å². The maximum Gasteiger partial charge on any atom is 0.422 e. The van der Waals surface area contributed by atoms with Gasteiger partial charge in [0.25, 0.3) is 0 Å². The van der Waals surface area contributed by atoms with Crippen molar-refractivity contribution in [1.29, 1.82) is 0 Å². The zero-order chi connectivity index (χ0) is 20.4. The number of nitrogens with one attached hydrogen (secondary N) is 2. The Bertz CT molecular complexity index is 809. The first-order valence-electron chi connectivity index (χ1n) is 8.16.